The van der Waals surface area contributed by atoms with Crippen molar-refractivity contribution in [2.45, 2.75) is 12.5 Å². The molecule has 1 saturated heterocycles. The average Bonchev–Trinajstić information content (AvgIpc) is 2.86. The van der Waals surface area contributed by atoms with Crippen molar-refractivity contribution < 1.29 is 14.3 Å². The second kappa shape index (κ2) is 5.22. The lowest BCUT2D eigenvalue weighted by atomic mass is 10.1. The van der Waals surface area contributed by atoms with Crippen LogP contribution in [0.4, 0.5) is 10.1 Å². The van der Waals surface area contributed by atoms with Crippen molar-refractivity contribution in [3.8, 4) is 0 Å². The Morgan fingerprint density at radius 2 is 2.39 bits per heavy atom. The van der Waals surface area contributed by atoms with Crippen LogP contribution in [0.1, 0.15) is 12.0 Å². The summed E-state index contributed by atoms with van der Waals surface area (Å²) in [6.07, 6.45) is 1.07. The van der Waals surface area contributed by atoms with Crippen molar-refractivity contribution in [2.75, 3.05) is 25.1 Å². The lowest BCUT2D eigenvalue weighted by Gasteiger charge is -2.21. The van der Waals surface area contributed by atoms with Gasteiger partial charge in [-0.1, -0.05) is 5.16 Å². The highest BCUT2D eigenvalue weighted by atomic mass is 19.1. The fourth-order valence-corrected chi connectivity index (χ4v) is 2.18. The smallest absolute Gasteiger partial charge is 0.172 e. The molecule has 6 heteroatoms. The fraction of sp³-hybridized carbons (Fsp3) is 0.417. The number of ether oxygens (including phenoxy) is 1. The van der Waals surface area contributed by atoms with E-state index in [0.29, 0.717) is 12.1 Å². The number of halogens is 1. The Labute approximate surface area is 105 Å². The van der Waals surface area contributed by atoms with E-state index in [9.17, 15) is 4.39 Å². The Hall–Kier alpha value is -1.82. The molecule has 1 heterocycles. The van der Waals surface area contributed by atoms with Crippen LogP contribution >= 0.6 is 0 Å². The predicted molar refractivity (Wildman–Crippen MR) is 66.5 cm³/mol. The van der Waals surface area contributed by atoms with Gasteiger partial charge in [0.25, 0.3) is 0 Å². The largest absolute Gasteiger partial charge is 0.409 e. The van der Waals surface area contributed by atoms with E-state index in [2.05, 4.69) is 5.16 Å². The summed E-state index contributed by atoms with van der Waals surface area (Å²) in [5.41, 5.74) is 6.73. The minimum atomic E-state index is -0.414. The van der Waals surface area contributed by atoms with E-state index >= 15 is 0 Å². The zero-order valence-corrected chi connectivity index (χ0v) is 10.1. The maximum absolute atomic E-state index is 13.2. The number of methoxy groups -OCH3 is 1. The van der Waals surface area contributed by atoms with E-state index in [-0.39, 0.29) is 11.9 Å². The molecule has 0 aliphatic carbocycles. The molecular weight excluding hydrogens is 237 g/mol. The number of nitrogens with two attached hydrogens (primary N) is 1. The van der Waals surface area contributed by atoms with Gasteiger partial charge >= 0.3 is 0 Å². The predicted octanol–water partition coefficient (Wildman–Crippen LogP) is 1.15. The Kier molecular flexibility index (Phi) is 3.66. The zero-order chi connectivity index (χ0) is 13.1. The summed E-state index contributed by atoms with van der Waals surface area (Å²) in [6.45, 7) is 1.52. The Morgan fingerprint density at radius 3 is 3.00 bits per heavy atom. The van der Waals surface area contributed by atoms with E-state index in [1.165, 1.54) is 12.1 Å². The van der Waals surface area contributed by atoms with E-state index in [1.807, 2.05) is 4.90 Å². The molecule has 1 atom stereocenters. The van der Waals surface area contributed by atoms with Gasteiger partial charge in [0, 0.05) is 31.5 Å². The Morgan fingerprint density at radius 1 is 1.61 bits per heavy atom. The molecule has 0 aromatic heterocycles. The van der Waals surface area contributed by atoms with Gasteiger partial charge in [0.1, 0.15) is 5.82 Å². The fourth-order valence-electron chi connectivity index (χ4n) is 2.18. The summed E-state index contributed by atoms with van der Waals surface area (Å²) in [7, 11) is 1.67. The molecule has 1 aromatic rings. The van der Waals surface area contributed by atoms with E-state index in [0.717, 1.165) is 18.7 Å². The van der Waals surface area contributed by atoms with Crippen molar-refractivity contribution in [1.29, 1.82) is 0 Å². The summed E-state index contributed by atoms with van der Waals surface area (Å²) in [4.78, 5) is 2.04. The second-order valence-corrected chi connectivity index (χ2v) is 4.24. The number of oxime groups is 1. The van der Waals surface area contributed by atoms with E-state index < -0.39 is 5.82 Å². The molecular formula is C12H16FN3O2. The molecule has 3 N–H and O–H groups in total. The van der Waals surface area contributed by atoms with Gasteiger partial charge in [-0.05, 0) is 24.6 Å². The lowest BCUT2D eigenvalue weighted by Crippen LogP contribution is -2.26. The van der Waals surface area contributed by atoms with Crippen LogP contribution in [-0.4, -0.2) is 37.3 Å². The standard InChI is InChI=1S/C12H16FN3O2/c1-18-9-4-5-16(7-9)11-3-2-8(13)6-10(11)12(14)15-17/h2-3,6,9,17H,4-5,7H2,1H3,(H2,14,15). The molecule has 98 valence electrons. The van der Waals surface area contributed by atoms with Crippen LogP contribution in [0.5, 0.6) is 0 Å². The van der Waals surface area contributed by atoms with Crippen LogP contribution in [0.2, 0.25) is 0 Å². The first-order valence-corrected chi connectivity index (χ1v) is 5.71. The third-order valence-corrected chi connectivity index (χ3v) is 3.16. The van der Waals surface area contributed by atoms with Gasteiger partial charge in [-0.25, -0.2) is 4.39 Å². The number of amidine groups is 1. The van der Waals surface area contributed by atoms with Crippen molar-refractivity contribution in [2.24, 2.45) is 10.9 Å². The summed E-state index contributed by atoms with van der Waals surface area (Å²) < 4.78 is 18.5. The van der Waals surface area contributed by atoms with Crippen molar-refractivity contribution in [3.63, 3.8) is 0 Å². The van der Waals surface area contributed by atoms with Gasteiger partial charge in [-0.3, -0.25) is 0 Å². The number of anilines is 1. The molecule has 1 fully saturated rings. The topological polar surface area (TPSA) is 71.1 Å². The summed E-state index contributed by atoms with van der Waals surface area (Å²) in [5, 5.41) is 11.7. The van der Waals surface area contributed by atoms with Gasteiger partial charge in [0.2, 0.25) is 0 Å². The summed E-state index contributed by atoms with van der Waals surface area (Å²) in [5.74, 6) is -0.506. The number of benzene rings is 1. The maximum atomic E-state index is 13.2. The molecule has 1 unspecified atom stereocenters. The summed E-state index contributed by atoms with van der Waals surface area (Å²) in [6, 6.07) is 4.27. The summed E-state index contributed by atoms with van der Waals surface area (Å²) >= 11 is 0. The first-order chi connectivity index (χ1) is 8.65. The highest BCUT2D eigenvalue weighted by Crippen LogP contribution is 2.26. The molecule has 0 radical (unpaired) electrons. The van der Waals surface area contributed by atoms with Crippen LogP contribution in [0, 0.1) is 5.82 Å². The van der Waals surface area contributed by atoms with Gasteiger partial charge in [-0.2, -0.15) is 0 Å². The normalized spacial score (nSPS) is 20.4. The van der Waals surface area contributed by atoms with Crippen LogP contribution in [0.15, 0.2) is 23.4 Å². The lowest BCUT2D eigenvalue weighted by molar-refractivity contribution is 0.121. The van der Waals surface area contributed by atoms with Crippen LogP contribution in [-0.2, 0) is 4.74 Å². The van der Waals surface area contributed by atoms with Crippen molar-refractivity contribution in [3.05, 3.63) is 29.6 Å². The molecule has 1 aliphatic heterocycles. The molecule has 5 nitrogen and oxygen atoms in total. The SMILES string of the molecule is COC1CCN(c2ccc(F)cc2/C(N)=N/O)C1. The number of hydrogen-bond donors (Lipinski definition) is 2. The highest BCUT2D eigenvalue weighted by molar-refractivity contribution is 6.02. The quantitative estimate of drug-likeness (QED) is 0.367. The Bertz CT molecular complexity index is 465. The molecule has 0 bridgehead atoms. The average molecular weight is 253 g/mol. The molecule has 1 aliphatic rings. The first-order valence-electron chi connectivity index (χ1n) is 5.71. The molecule has 1 aromatic carbocycles. The Balaban J connectivity index is 2.33. The van der Waals surface area contributed by atoms with Crippen molar-refractivity contribution in [1.82, 2.24) is 0 Å². The molecule has 2 rings (SSSR count). The van der Waals surface area contributed by atoms with Gasteiger partial charge in [-0.15, -0.1) is 0 Å². The molecule has 0 amide bonds. The highest BCUT2D eigenvalue weighted by Gasteiger charge is 2.24. The van der Waals surface area contributed by atoms with Gasteiger partial charge in [0.05, 0.1) is 6.10 Å². The van der Waals surface area contributed by atoms with Crippen LogP contribution in [0.25, 0.3) is 0 Å². The first kappa shape index (κ1) is 12.6. The zero-order valence-electron chi connectivity index (χ0n) is 10.1. The third kappa shape index (κ3) is 2.38. The van der Waals surface area contributed by atoms with Crippen LogP contribution < -0.4 is 10.6 Å². The minimum Gasteiger partial charge on any atom is -0.409 e. The number of hydrogen-bond acceptors (Lipinski definition) is 4. The molecule has 18 heavy (non-hydrogen) atoms. The van der Waals surface area contributed by atoms with Crippen LogP contribution in [0.3, 0.4) is 0 Å². The number of rotatable bonds is 3. The third-order valence-electron chi connectivity index (χ3n) is 3.16. The molecule has 0 spiro atoms. The molecule has 0 saturated carbocycles. The van der Waals surface area contributed by atoms with Gasteiger partial charge < -0.3 is 20.6 Å². The monoisotopic (exact) mass is 253 g/mol. The second-order valence-electron chi connectivity index (χ2n) is 4.24. The van der Waals surface area contributed by atoms with Crippen molar-refractivity contribution >= 4 is 11.5 Å². The van der Waals surface area contributed by atoms with E-state index in [1.54, 1.807) is 13.2 Å². The van der Waals surface area contributed by atoms with Gasteiger partial charge in [0.15, 0.2) is 5.84 Å². The maximum Gasteiger partial charge on any atom is 0.172 e. The number of nitrogens with zero attached hydrogens (tertiary/aromatic N) is 2. The van der Waals surface area contributed by atoms with E-state index in [4.69, 9.17) is 15.7 Å². The minimum absolute atomic E-state index is 0.0923.